The fourth-order valence-electron chi connectivity index (χ4n) is 2.89. The lowest BCUT2D eigenvalue weighted by atomic mass is 10.0. The number of para-hydroxylation sites is 1. The highest BCUT2D eigenvalue weighted by Crippen LogP contribution is 2.18. The van der Waals surface area contributed by atoms with Crippen molar-refractivity contribution in [1.82, 2.24) is 5.32 Å². The van der Waals surface area contributed by atoms with Crippen molar-refractivity contribution in [1.29, 1.82) is 0 Å². The number of ether oxygens (including phenoxy) is 1. The normalized spacial score (nSPS) is 11.3. The van der Waals surface area contributed by atoms with E-state index in [1.807, 2.05) is 6.07 Å². The van der Waals surface area contributed by atoms with Gasteiger partial charge in [0.2, 0.25) is 0 Å². The van der Waals surface area contributed by atoms with Crippen molar-refractivity contribution in [3.8, 4) is 0 Å². The first-order valence-electron chi connectivity index (χ1n) is 9.64. The van der Waals surface area contributed by atoms with Crippen LogP contribution in [0.15, 0.2) is 84.9 Å². The molecule has 3 aromatic carbocycles. The number of halogens is 1. The molecule has 6 nitrogen and oxygen atoms in total. The number of amides is 2. The highest BCUT2D eigenvalue weighted by Gasteiger charge is 2.21. The number of rotatable bonds is 8. The van der Waals surface area contributed by atoms with Gasteiger partial charge in [-0.25, -0.2) is 4.39 Å². The van der Waals surface area contributed by atoms with Crippen LogP contribution < -0.4 is 10.6 Å². The molecule has 2 N–H and O–H groups in total. The fourth-order valence-corrected chi connectivity index (χ4v) is 2.89. The molecule has 2 amide bonds. The van der Waals surface area contributed by atoms with Gasteiger partial charge in [-0.3, -0.25) is 14.4 Å². The van der Waals surface area contributed by atoms with Gasteiger partial charge in [-0.15, -0.1) is 0 Å². The third-order valence-corrected chi connectivity index (χ3v) is 4.43. The van der Waals surface area contributed by atoms with Crippen LogP contribution in [-0.4, -0.2) is 24.4 Å². The SMILES string of the molecule is O=C(COC(=O)C[C@H](NC(=O)c1ccccc1)c1ccccc1)Nc1ccccc1F. The van der Waals surface area contributed by atoms with Gasteiger partial charge in [0, 0.05) is 5.56 Å². The van der Waals surface area contributed by atoms with Crippen molar-refractivity contribution in [3.05, 3.63) is 102 Å². The predicted octanol–water partition coefficient (Wildman–Crippen LogP) is 3.87. The standard InChI is InChI=1S/C24H21FN2O4/c25-19-13-7-8-14-20(19)26-22(28)16-31-23(29)15-21(17-9-3-1-4-10-17)27-24(30)18-11-5-2-6-12-18/h1-14,21H,15-16H2,(H,26,28)(H,27,30)/t21-/m0/s1. The Kier molecular flexibility index (Phi) is 7.48. The first-order chi connectivity index (χ1) is 15.0. The van der Waals surface area contributed by atoms with E-state index in [1.54, 1.807) is 60.7 Å². The van der Waals surface area contributed by atoms with Gasteiger partial charge < -0.3 is 15.4 Å². The summed E-state index contributed by atoms with van der Waals surface area (Å²) < 4.78 is 18.6. The number of nitrogens with one attached hydrogen (secondary N) is 2. The topological polar surface area (TPSA) is 84.5 Å². The number of hydrogen-bond donors (Lipinski definition) is 2. The van der Waals surface area contributed by atoms with E-state index < -0.39 is 30.3 Å². The van der Waals surface area contributed by atoms with Crippen LogP contribution in [0.4, 0.5) is 10.1 Å². The summed E-state index contributed by atoms with van der Waals surface area (Å²) in [7, 11) is 0. The van der Waals surface area contributed by atoms with E-state index in [4.69, 9.17) is 4.74 Å². The van der Waals surface area contributed by atoms with Crippen LogP contribution >= 0.6 is 0 Å². The molecular formula is C24H21FN2O4. The van der Waals surface area contributed by atoms with Crippen LogP contribution in [0.5, 0.6) is 0 Å². The molecule has 0 heterocycles. The number of anilines is 1. The van der Waals surface area contributed by atoms with Crippen LogP contribution in [0, 0.1) is 5.82 Å². The second-order valence-corrected chi connectivity index (χ2v) is 6.70. The average Bonchev–Trinajstić information content (AvgIpc) is 2.80. The van der Waals surface area contributed by atoms with Crippen LogP contribution in [0.3, 0.4) is 0 Å². The zero-order valence-electron chi connectivity index (χ0n) is 16.6. The van der Waals surface area contributed by atoms with E-state index in [0.29, 0.717) is 5.56 Å². The second kappa shape index (κ2) is 10.7. The average molecular weight is 420 g/mol. The number of benzene rings is 3. The molecule has 7 heteroatoms. The van der Waals surface area contributed by atoms with Crippen LogP contribution in [0.25, 0.3) is 0 Å². The lowest BCUT2D eigenvalue weighted by Gasteiger charge is -2.19. The van der Waals surface area contributed by atoms with E-state index in [2.05, 4.69) is 10.6 Å². The highest BCUT2D eigenvalue weighted by atomic mass is 19.1. The maximum atomic E-state index is 13.6. The van der Waals surface area contributed by atoms with E-state index in [9.17, 15) is 18.8 Å². The van der Waals surface area contributed by atoms with Gasteiger partial charge in [0.15, 0.2) is 6.61 Å². The summed E-state index contributed by atoms with van der Waals surface area (Å²) in [5, 5.41) is 5.17. The summed E-state index contributed by atoms with van der Waals surface area (Å²) in [6.45, 7) is -0.568. The van der Waals surface area contributed by atoms with Gasteiger partial charge in [0.1, 0.15) is 5.82 Å². The summed E-state index contributed by atoms with van der Waals surface area (Å²) in [4.78, 5) is 36.9. The lowest BCUT2D eigenvalue weighted by Crippen LogP contribution is -2.31. The third-order valence-electron chi connectivity index (χ3n) is 4.43. The molecule has 0 saturated carbocycles. The van der Waals surface area contributed by atoms with Crippen molar-refractivity contribution in [3.63, 3.8) is 0 Å². The number of esters is 1. The minimum Gasteiger partial charge on any atom is -0.455 e. The van der Waals surface area contributed by atoms with Crippen molar-refractivity contribution in [2.24, 2.45) is 0 Å². The Bertz CT molecular complexity index is 1040. The van der Waals surface area contributed by atoms with Gasteiger partial charge in [-0.1, -0.05) is 60.7 Å². The minimum absolute atomic E-state index is 0.000774. The Morgan fingerprint density at radius 3 is 2.13 bits per heavy atom. The summed E-state index contributed by atoms with van der Waals surface area (Å²) >= 11 is 0. The van der Waals surface area contributed by atoms with E-state index in [-0.39, 0.29) is 18.0 Å². The van der Waals surface area contributed by atoms with Crippen molar-refractivity contribution < 1.29 is 23.5 Å². The molecule has 158 valence electrons. The van der Waals surface area contributed by atoms with Crippen LogP contribution in [0.1, 0.15) is 28.4 Å². The molecule has 3 rings (SSSR count). The molecule has 3 aromatic rings. The van der Waals surface area contributed by atoms with Gasteiger partial charge >= 0.3 is 5.97 Å². The van der Waals surface area contributed by atoms with Crippen LogP contribution in [-0.2, 0) is 14.3 Å². The molecule has 0 spiro atoms. The smallest absolute Gasteiger partial charge is 0.308 e. The first kappa shape index (κ1) is 21.7. The Morgan fingerprint density at radius 2 is 1.45 bits per heavy atom. The van der Waals surface area contributed by atoms with Gasteiger partial charge in [-0.05, 0) is 29.8 Å². The van der Waals surface area contributed by atoms with Crippen molar-refractivity contribution >= 4 is 23.5 Å². The summed E-state index contributed by atoms with van der Waals surface area (Å²) in [5.41, 5.74) is 1.18. The van der Waals surface area contributed by atoms with Gasteiger partial charge in [-0.2, -0.15) is 0 Å². The maximum absolute atomic E-state index is 13.6. The minimum atomic E-state index is -0.675. The van der Waals surface area contributed by atoms with Crippen LogP contribution in [0.2, 0.25) is 0 Å². The Labute approximate surface area is 179 Å². The molecule has 0 radical (unpaired) electrons. The molecular weight excluding hydrogens is 399 g/mol. The van der Waals surface area contributed by atoms with Gasteiger partial charge in [0.25, 0.3) is 11.8 Å². The molecule has 0 aliphatic carbocycles. The third kappa shape index (κ3) is 6.50. The highest BCUT2D eigenvalue weighted by molar-refractivity contribution is 5.95. The van der Waals surface area contributed by atoms with E-state index >= 15 is 0 Å². The zero-order chi connectivity index (χ0) is 22.1. The predicted molar refractivity (Wildman–Crippen MR) is 114 cm³/mol. The molecule has 0 saturated heterocycles. The molecule has 0 bridgehead atoms. The molecule has 1 atom stereocenters. The van der Waals surface area contributed by atoms with Gasteiger partial charge in [0.05, 0.1) is 18.2 Å². The summed E-state index contributed by atoms with van der Waals surface area (Å²) in [6, 6.07) is 22.7. The largest absolute Gasteiger partial charge is 0.455 e. The Hall–Kier alpha value is -4.00. The monoisotopic (exact) mass is 420 g/mol. The zero-order valence-corrected chi connectivity index (χ0v) is 16.6. The molecule has 0 aliphatic heterocycles. The number of hydrogen-bond acceptors (Lipinski definition) is 4. The summed E-state index contributed by atoms with van der Waals surface area (Å²) in [5.74, 6) is -2.26. The molecule has 31 heavy (non-hydrogen) atoms. The number of carbonyl (C=O) groups is 3. The maximum Gasteiger partial charge on any atom is 0.308 e. The number of carbonyl (C=O) groups excluding carboxylic acids is 3. The second-order valence-electron chi connectivity index (χ2n) is 6.70. The van der Waals surface area contributed by atoms with Crippen molar-refractivity contribution in [2.75, 3.05) is 11.9 Å². The summed E-state index contributed by atoms with van der Waals surface area (Å²) in [6.07, 6.45) is -0.171. The molecule has 0 aromatic heterocycles. The van der Waals surface area contributed by atoms with Crippen molar-refractivity contribution in [2.45, 2.75) is 12.5 Å². The van der Waals surface area contributed by atoms with E-state index in [0.717, 1.165) is 5.56 Å². The fraction of sp³-hybridized carbons (Fsp3) is 0.125. The molecule has 0 fully saturated rings. The quantitative estimate of drug-likeness (QED) is 0.542. The van der Waals surface area contributed by atoms with E-state index in [1.165, 1.54) is 18.2 Å². The molecule has 0 unspecified atom stereocenters. The molecule has 0 aliphatic rings. The first-order valence-corrected chi connectivity index (χ1v) is 9.64. The Balaban J connectivity index is 1.60. The Morgan fingerprint density at radius 1 is 0.839 bits per heavy atom. The lowest BCUT2D eigenvalue weighted by molar-refractivity contribution is -0.147.